The monoisotopic (exact) mass is 278 g/mol. The molecule has 0 heterocycles. The van der Waals surface area contributed by atoms with Gasteiger partial charge in [-0.15, -0.1) is 0 Å². The van der Waals surface area contributed by atoms with Gasteiger partial charge in [0, 0.05) is 12.1 Å². The van der Waals surface area contributed by atoms with Crippen molar-refractivity contribution in [3.8, 4) is 6.07 Å². The highest BCUT2D eigenvalue weighted by Gasteiger charge is 2.10. The molecule has 2 aromatic rings. The van der Waals surface area contributed by atoms with Crippen molar-refractivity contribution in [1.82, 2.24) is 5.32 Å². The predicted octanol–water partition coefficient (Wildman–Crippen LogP) is 4.03. The summed E-state index contributed by atoms with van der Waals surface area (Å²) in [5.74, 6) is 0. The van der Waals surface area contributed by atoms with Crippen molar-refractivity contribution < 1.29 is 0 Å². The Morgan fingerprint density at radius 1 is 1.00 bits per heavy atom. The van der Waals surface area contributed by atoms with Crippen molar-refractivity contribution in [1.29, 1.82) is 5.26 Å². The van der Waals surface area contributed by atoms with Crippen LogP contribution in [0.15, 0.2) is 54.6 Å². The molecule has 0 radical (unpaired) electrons. The Bertz CT molecular complexity index is 598. The van der Waals surface area contributed by atoms with Crippen LogP contribution in [0.25, 0.3) is 0 Å². The maximum Gasteiger partial charge on any atom is 0.0669 e. The SMILES string of the molecule is C[C@H](Cc1cccc(CC#N)c1)N[C@H](C)c1ccccc1. The maximum atomic E-state index is 8.78. The molecule has 1 N–H and O–H groups in total. The summed E-state index contributed by atoms with van der Waals surface area (Å²) in [7, 11) is 0. The van der Waals surface area contributed by atoms with E-state index in [0.717, 1.165) is 12.0 Å². The lowest BCUT2D eigenvalue weighted by molar-refractivity contribution is 0.477. The summed E-state index contributed by atoms with van der Waals surface area (Å²) >= 11 is 0. The number of hydrogen-bond donors (Lipinski definition) is 1. The van der Waals surface area contributed by atoms with Crippen LogP contribution in [0.1, 0.15) is 36.6 Å². The van der Waals surface area contributed by atoms with Gasteiger partial charge in [-0.1, -0.05) is 54.6 Å². The molecule has 0 unspecified atom stereocenters. The van der Waals surface area contributed by atoms with E-state index in [1.54, 1.807) is 0 Å². The van der Waals surface area contributed by atoms with Crippen molar-refractivity contribution in [2.75, 3.05) is 0 Å². The average molecular weight is 278 g/mol. The van der Waals surface area contributed by atoms with Crippen LogP contribution in [0.3, 0.4) is 0 Å². The van der Waals surface area contributed by atoms with E-state index in [4.69, 9.17) is 5.26 Å². The van der Waals surface area contributed by atoms with Gasteiger partial charge in [-0.2, -0.15) is 5.26 Å². The molecular weight excluding hydrogens is 256 g/mol. The number of hydrogen-bond acceptors (Lipinski definition) is 2. The van der Waals surface area contributed by atoms with Crippen LogP contribution in [-0.4, -0.2) is 6.04 Å². The van der Waals surface area contributed by atoms with Gasteiger partial charge in [0.15, 0.2) is 0 Å². The Labute approximate surface area is 127 Å². The Morgan fingerprint density at radius 2 is 1.71 bits per heavy atom. The third-order valence-corrected chi connectivity index (χ3v) is 3.65. The van der Waals surface area contributed by atoms with Gasteiger partial charge in [-0.3, -0.25) is 0 Å². The van der Waals surface area contributed by atoms with Crippen molar-refractivity contribution in [2.45, 2.75) is 38.8 Å². The summed E-state index contributed by atoms with van der Waals surface area (Å²) in [4.78, 5) is 0. The normalized spacial score (nSPS) is 13.4. The minimum atomic E-state index is 0.337. The van der Waals surface area contributed by atoms with E-state index in [1.165, 1.54) is 11.1 Å². The van der Waals surface area contributed by atoms with Gasteiger partial charge in [0.1, 0.15) is 0 Å². The van der Waals surface area contributed by atoms with E-state index in [0.29, 0.717) is 18.5 Å². The van der Waals surface area contributed by atoms with E-state index < -0.39 is 0 Å². The molecule has 0 amide bonds. The average Bonchev–Trinajstić information content (AvgIpc) is 2.48. The van der Waals surface area contributed by atoms with Crippen molar-refractivity contribution in [2.24, 2.45) is 0 Å². The Balaban J connectivity index is 1.94. The second-order valence-electron chi connectivity index (χ2n) is 5.56. The summed E-state index contributed by atoms with van der Waals surface area (Å²) in [5.41, 5.74) is 3.68. The fourth-order valence-corrected chi connectivity index (χ4v) is 2.64. The summed E-state index contributed by atoms with van der Waals surface area (Å²) < 4.78 is 0. The van der Waals surface area contributed by atoms with E-state index in [-0.39, 0.29) is 0 Å². The quantitative estimate of drug-likeness (QED) is 0.865. The number of nitrogens with zero attached hydrogens (tertiary/aromatic N) is 1. The van der Waals surface area contributed by atoms with Crippen LogP contribution in [0.2, 0.25) is 0 Å². The molecule has 2 nitrogen and oxygen atoms in total. The molecule has 0 aliphatic carbocycles. The first-order valence-electron chi connectivity index (χ1n) is 7.45. The van der Waals surface area contributed by atoms with Crippen LogP contribution in [-0.2, 0) is 12.8 Å². The van der Waals surface area contributed by atoms with E-state index in [2.05, 4.69) is 61.6 Å². The molecule has 108 valence electrons. The molecule has 2 aromatic carbocycles. The van der Waals surface area contributed by atoms with Gasteiger partial charge >= 0.3 is 0 Å². The van der Waals surface area contributed by atoms with Crippen LogP contribution < -0.4 is 5.32 Å². The van der Waals surface area contributed by atoms with E-state index >= 15 is 0 Å². The zero-order valence-corrected chi connectivity index (χ0v) is 12.7. The second kappa shape index (κ2) is 7.61. The Hall–Kier alpha value is -2.11. The number of nitrogens with one attached hydrogen (secondary N) is 1. The van der Waals surface area contributed by atoms with Crippen molar-refractivity contribution in [3.63, 3.8) is 0 Å². The number of benzene rings is 2. The Kier molecular flexibility index (Phi) is 5.54. The zero-order valence-electron chi connectivity index (χ0n) is 12.7. The molecule has 0 spiro atoms. The Morgan fingerprint density at radius 3 is 2.43 bits per heavy atom. The van der Waals surface area contributed by atoms with E-state index in [1.807, 2.05) is 18.2 Å². The first-order chi connectivity index (χ1) is 10.2. The standard InChI is InChI=1S/C19H22N2/c1-15(21-16(2)19-9-4-3-5-10-19)13-18-8-6-7-17(14-18)11-12-20/h3-10,14-16,21H,11,13H2,1-2H3/t15-,16-/m1/s1. The highest BCUT2D eigenvalue weighted by atomic mass is 14.9. The van der Waals surface area contributed by atoms with Crippen LogP contribution >= 0.6 is 0 Å². The molecular formula is C19H22N2. The van der Waals surface area contributed by atoms with Gasteiger partial charge < -0.3 is 5.32 Å². The summed E-state index contributed by atoms with van der Waals surface area (Å²) in [6.45, 7) is 4.40. The summed E-state index contributed by atoms with van der Waals surface area (Å²) in [6.07, 6.45) is 1.45. The minimum absolute atomic E-state index is 0.337. The van der Waals surface area contributed by atoms with Crippen LogP contribution in [0, 0.1) is 11.3 Å². The van der Waals surface area contributed by atoms with Gasteiger partial charge in [-0.25, -0.2) is 0 Å². The molecule has 0 aliphatic rings. The maximum absolute atomic E-state index is 8.78. The first-order valence-corrected chi connectivity index (χ1v) is 7.45. The fraction of sp³-hybridized carbons (Fsp3) is 0.316. The fourth-order valence-electron chi connectivity index (χ4n) is 2.64. The first kappa shape index (κ1) is 15.3. The number of rotatable bonds is 6. The number of nitriles is 1. The van der Waals surface area contributed by atoms with Crippen LogP contribution in [0.5, 0.6) is 0 Å². The van der Waals surface area contributed by atoms with Gasteiger partial charge in [0.25, 0.3) is 0 Å². The third-order valence-electron chi connectivity index (χ3n) is 3.65. The lowest BCUT2D eigenvalue weighted by Gasteiger charge is -2.20. The smallest absolute Gasteiger partial charge is 0.0669 e. The van der Waals surface area contributed by atoms with Gasteiger partial charge in [-0.05, 0) is 37.0 Å². The topological polar surface area (TPSA) is 35.8 Å². The van der Waals surface area contributed by atoms with E-state index in [9.17, 15) is 0 Å². The predicted molar refractivity (Wildman–Crippen MR) is 86.9 cm³/mol. The molecule has 0 saturated heterocycles. The second-order valence-corrected chi connectivity index (χ2v) is 5.56. The molecule has 0 saturated carbocycles. The molecule has 21 heavy (non-hydrogen) atoms. The minimum Gasteiger partial charge on any atom is -0.307 e. The molecule has 0 aromatic heterocycles. The van der Waals surface area contributed by atoms with Gasteiger partial charge in [0.05, 0.1) is 12.5 Å². The molecule has 0 fully saturated rings. The molecule has 0 aliphatic heterocycles. The largest absolute Gasteiger partial charge is 0.307 e. The third kappa shape index (κ3) is 4.73. The molecule has 2 atom stereocenters. The lowest BCUT2D eigenvalue weighted by Crippen LogP contribution is -2.30. The summed E-state index contributed by atoms with van der Waals surface area (Å²) in [6, 6.07) is 21.7. The molecule has 2 heteroatoms. The van der Waals surface area contributed by atoms with Crippen molar-refractivity contribution in [3.05, 3.63) is 71.3 Å². The zero-order chi connectivity index (χ0) is 15.1. The highest BCUT2D eigenvalue weighted by molar-refractivity contribution is 5.26. The molecule has 0 bridgehead atoms. The van der Waals surface area contributed by atoms with Gasteiger partial charge in [0.2, 0.25) is 0 Å². The van der Waals surface area contributed by atoms with Crippen molar-refractivity contribution >= 4 is 0 Å². The van der Waals surface area contributed by atoms with Crippen LogP contribution in [0.4, 0.5) is 0 Å². The highest BCUT2D eigenvalue weighted by Crippen LogP contribution is 2.14. The molecule has 2 rings (SSSR count). The summed E-state index contributed by atoms with van der Waals surface area (Å²) in [5, 5.41) is 12.4. The lowest BCUT2D eigenvalue weighted by atomic mass is 10.0.